The average Bonchev–Trinajstić information content (AvgIpc) is 2.87. The van der Waals surface area contributed by atoms with Gasteiger partial charge in [0.25, 0.3) is 11.5 Å². The Hall–Kier alpha value is -4.26. The molecule has 0 radical (unpaired) electrons. The van der Waals surface area contributed by atoms with Crippen LogP contribution < -0.4 is 10.9 Å². The lowest BCUT2D eigenvalue weighted by Gasteiger charge is -2.19. The highest BCUT2D eigenvalue weighted by Gasteiger charge is 2.28. The molecule has 4 aromatic rings. The van der Waals surface area contributed by atoms with Gasteiger partial charge in [-0.05, 0) is 43.5 Å². The van der Waals surface area contributed by atoms with E-state index in [4.69, 9.17) is 4.74 Å². The fourth-order valence-corrected chi connectivity index (χ4v) is 3.88. The number of amides is 1. The molecule has 0 bridgehead atoms. The Morgan fingerprint density at radius 2 is 1.66 bits per heavy atom. The number of carbonyl (C=O) groups is 2. The Balaban J connectivity index is 1.73. The minimum atomic E-state index is -1.21. The van der Waals surface area contributed by atoms with Gasteiger partial charge < -0.3 is 10.1 Å². The van der Waals surface area contributed by atoms with Crippen molar-refractivity contribution in [3.8, 4) is 0 Å². The van der Waals surface area contributed by atoms with Crippen LogP contribution in [0.1, 0.15) is 46.6 Å². The monoisotopic (exact) mass is 469 g/mol. The van der Waals surface area contributed by atoms with Gasteiger partial charge in [-0.15, -0.1) is 0 Å². The fraction of sp³-hybridized carbons (Fsp3) is 0.214. The van der Waals surface area contributed by atoms with E-state index in [2.05, 4.69) is 10.4 Å². The van der Waals surface area contributed by atoms with E-state index in [1.165, 1.54) is 4.68 Å². The molecule has 1 amide bonds. The second kappa shape index (κ2) is 10.3. The highest BCUT2D eigenvalue weighted by molar-refractivity contribution is 6.04. The van der Waals surface area contributed by atoms with Crippen LogP contribution in [-0.4, -0.2) is 21.7 Å². The van der Waals surface area contributed by atoms with Crippen LogP contribution in [0.2, 0.25) is 0 Å². The van der Waals surface area contributed by atoms with Crippen LogP contribution in [-0.2, 0) is 16.1 Å². The van der Waals surface area contributed by atoms with Crippen molar-refractivity contribution in [2.75, 3.05) is 5.32 Å². The molecule has 1 unspecified atom stereocenters. The van der Waals surface area contributed by atoms with Gasteiger partial charge in [-0.3, -0.25) is 9.59 Å². The van der Waals surface area contributed by atoms with Crippen LogP contribution >= 0.6 is 0 Å². The summed E-state index contributed by atoms with van der Waals surface area (Å²) >= 11 is 0. The lowest BCUT2D eigenvalue weighted by Crippen LogP contribution is -2.29. The van der Waals surface area contributed by atoms with Crippen LogP contribution in [0.15, 0.2) is 77.6 Å². The van der Waals surface area contributed by atoms with Crippen molar-refractivity contribution in [3.05, 3.63) is 106 Å². The largest absolute Gasteiger partial charge is 0.442 e. The van der Waals surface area contributed by atoms with E-state index in [1.807, 2.05) is 45.0 Å². The van der Waals surface area contributed by atoms with E-state index in [0.717, 1.165) is 11.1 Å². The van der Waals surface area contributed by atoms with Gasteiger partial charge in [-0.25, -0.2) is 9.48 Å². The first-order chi connectivity index (χ1) is 16.9. The summed E-state index contributed by atoms with van der Waals surface area (Å²) in [6.07, 6.45) is -0.541. The first kappa shape index (κ1) is 23.9. The molecule has 1 atom stereocenters. The highest BCUT2D eigenvalue weighted by atomic mass is 16.5. The van der Waals surface area contributed by atoms with Gasteiger partial charge >= 0.3 is 5.97 Å². The average molecular weight is 470 g/mol. The Morgan fingerprint density at radius 3 is 2.37 bits per heavy atom. The Morgan fingerprint density at radius 1 is 0.971 bits per heavy atom. The third-order valence-electron chi connectivity index (χ3n) is 5.71. The first-order valence-electron chi connectivity index (χ1n) is 11.5. The molecule has 0 fully saturated rings. The van der Waals surface area contributed by atoms with Crippen molar-refractivity contribution in [2.45, 2.75) is 39.8 Å². The molecule has 0 aliphatic rings. The summed E-state index contributed by atoms with van der Waals surface area (Å²) in [5, 5.41) is 7.96. The van der Waals surface area contributed by atoms with Crippen LogP contribution in [0, 0.1) is 13.8 Å². The zero-order chi connectivity index (χ0) is 24.9. The molecule has 1 aromatic heterocycles. The summed E-state index contributed by atoms with van der Waals surface area (Å²) in [7, 11) is 0. The highest BCUT2D eigenvalue weighted by Crippen LogP contribution is 2.25. The van der Waals surface area contributed by atoms with Crippen LogP contribution in [0.5, 0.6) is 0 Å². The van der Waals surface area contributed by atoms with Crippen molar-refractivity contribution in [1.29, 1.82) is 0 Å². The number of rotatable bonds is 7. The van der Waals surface area contributed by atoms with Crippen molar-refractivity contribution >= 4 is 28.3 Å². The smallest absolute Gasteiger partial charge is 0.360 e. The second-order valence-corrected chi connectivity index (χ2v) is 8.43. The van der Waals surface area contributed by atoms with E-state index in [-0.39, 0.29) is 11.3 Å². The SMILES string of the molecule is CCCn1nc(C(=O)OC(C(=O)Nc2cc(C)ccc2C)c2ccccc2)c2ccccc2c1=O. The zero-order valence-corrected chi connectivity index (χ0v) is 19.9. The summed E-state index contributed by atoms with van der Waals surface area (Å²) in [5.74, 6) is -1.26. The number of esters is 1. The van der Waals surface area contributed by atoms with Gasteiger partial charge in [-0.2, -0.15) is 5.10 Å². The molecule has 1 heterocycles. The molecule has 35 heavy (non-hydrogen) atoms. The topological polar surface area (TPSA) is 90.3 Å². The first-order valence-corrected chi connectivity index (χ1v) is 11.5. The number of aromatic nitrogens is 2. The summed E-state index contributed by atoms with van der Waals surface area (Å²) in [5.41, 5.74) is 2.77. The van der Waals surface area contributed by atoms with Gasteiger partial charge in [0.2, 0.25) is 6.10 Å². The van der Waals surface area contributed by atoms with E-state index in [1.54, 1.807) is 48.5 Å². The number of nitrogens with zero attached hydrogens (tertiary/aromatic N) is 2. The molecule has 0 aliphatic carbocycles. The molecule has 0 aliphatic heterocycles. The molecule has 0 spiro atoms. The number of aryl methyl sites for hydroxylation is 3. The molecule has 7 nitrogen and oxygen atoms in total. The van der Waals surface area contributed by atoms with Crippen molar-refractivity contribution in [3.63, 3.8) is 0 Å². The molecule has 178 valence electrons. The predicted molar refractivity (Wildman–Crippen MR) is 135 cm³/mol. The number of benzene rings is 3. The molecule has 1 N–H and O–H groups in total. The summed E-state index contributed by atoms with van der Waals surface area (Å²) in [6, 6.07) is 21.3. The minimum Gasteiger partial charge on any atom is -0.442 e. The number of anilines is 1. The van der Waals surface area contributed by atoms with Crippen LogP contribution in [0.3, 0.4) is 0 Å². The van der Waals surface area contributed by atoms with Crippen molar-refractivity contribution in [1.82, 2.24) is 9.78 Å². The standard InChI is InChI=1S/C28H27N3O4/c1-4-16-31-27(33)22-13-9-8-12-21(22)24(30-31)28(34)35-25(20-10-6-5-7-11-20)26(32)29-23-17-18(2)14-15-19(23)3/h5-15,17,25H,4,16H2,1-3H3,(H,29,32). The van der Waals surface area contributed by atoms with Gasteiger partial charge in [0.1, 0.15) is 0 Å². The second-order valence-electron chi connectivity index (χ2n) is 8.43. The van der Waals surface area contributed by atoms with Crippen molar-refractivity contribution in [2.24, 2.45) is 0 Å². The number of nitrogens with one attached hydrogen (secondary N) is 1. The minimum absolute atomic E-state index is 0.00545. The lowest BCUT2D eigenvalue weighted by molar-refractivity contribution is -0.125. The maximum absolute atomic E-state index is 13.4. The third-order valence-corrected chi connectivity index (χ3v) is 5.71. The van der Waals surface area contributed by atoms with Gasteiger partial charge in [-0.1, -0.05) is 67.6 Å². The fourth-order valence-electron chi connectivity index (χ4n) is 3.88. The number of carbonyl (C=O) groups excluding carboxylic acids is 2. The summed E-state index contributed by atoms with van der Waals surface area (Å²) in [6.45, 7) is 6.11. The van der Waals surface area contributed by atoms with Gasteiger partial charge in [0.05, 0.1) is 5.39 Å². The van der Waals surface area contributed by atoms with Crippen LogP contribution in [0.4, 0.5) is 5.69 Å². The maximum Gasteiger partial charge on any atom is 0.360 e. The summed E-state index contributed by atoms with van der Waals surface area (Å²) < 4.78 is 7.05. The maximum atomic E-state index is 13.4. The molecule has 0 saturated carbocycles. The molecule has 3 aromatic carbocycles. The van der Waals surface area contributed by atoms with E-state index >= 15 is 0 Å². The quantitative estimate of drug-likeness (QED) is 0.386. The number of hydrogen-bond acceptors (Lipinski definition) is 5. The number of ether oxygens (including phenoxy) is 1. The van der Waals surface area contributed by atoms with Crippen LogP contribution in [0.25, 0.3) is 10.8 Å². The van der Waals surface area contributed by atoms with E-state index < -0.39 is 18.0 Å². The normalized spacial score (nSPS) is 11.7. The Bertz CT molecular complexity index is 1440. The molecule has 7 heteroatoms. The Kier molecular flexibility index (Phi) is 7.06. The third kappa shape index (κ3) is 5.14. The van der Waals surface area contributed by atoms with Gasteiger partial charge in [0, 0.05) is 23.2 Å². The van der Waals surface area contributed by atoms with Crippen molar-refractivity contribution < 1.29 is 14.3 Å². The number of fused-ring (bicyclic) bond motifs is 1. The number of hydrogen-bond donors (Lipinski definition) is 1. The Labute approximate surface area is 203 Å². The molecular formula is C28H27N3O4. The zero-order valence-electron chi connectivity index (χ0n) is 19.9. The summed E-state index contributed by atoms with van der Waals surface area (Å²) in [4.78, 5) is 39.6. The van der Waals surface area contributed by atoms with E-state index in [0.29, 0.717) is 35.0 Å². The predicted octanol–water partition coefficient (Wildman–Crippen LogP) is 4.96. The van der Waals surface area contributed by atoms with Gasteiger partial charge in [0.15, 0.2) is 5.69 Å². The van der Waals surface area contributed by atoms with E-state index in [9.17, 15) is 14.4 Å². The lowest BCUT2D eigenvalue weighted by atomic mass is 10.1. The molecule has 0 saturated heterocycles. The molecular weight excluding hydrogens is 442 g/mol. The molecule has 4 rings (SSSR count).